The number of sulfonamides is 1. The molecule has 0 aliphatic carbocycles. The van der Waals surface area contributed by atoms with Crippen LogP contribution in [0.15, 0.2) is 53.4 Å². The molecule has 0 bridgehead atoms. The van der Waals surface area contributed by atoms with Gasteiger partial charge in [0.05, 0.1) is 9.82 Å². The van der Waals surface area contributed by atoms with E-state index in [9.17, 15) is 18.5 Å². The van der Waals surface area contributed by atoms with Crippen molar-refractivity contribution in [2.24, 2.45) is 11.7 Å². The lowest BCUT2D eigenvalue weighted by Gasteiger charge is -2.18. The standard InChI is InChI=1S/C19H23N3O4S.ClH/c1-2-14-8-9-17(22(23)24)10-19(14)27(25,26)21-12-16(11-20)18(13-21)15-6-4-3-5-7-15;/h3-10,16,18H,2,11-13,20H2,1H3;1H/t16-,18+;/m1./s1. The van der Waals surface area contributed by atoms with E-state index in [1.54, 1.807) is 0 Å². The van der Waals surface area contributed by atoms with Gasteiger partial charge in [0.25, 0.3) is 5.69 Å². The number of nitrogens with two attached hydrogens (primary N) is 1. The number of nitrogens with zero attached hydrogens (tertiary/aromatic N) is 2. The van der Waals surface area contributed by atoms with E-state index in [1.807, 2.05) is 37.3 Å². The molecule has 28 heavy (non-hydrogen) atoms. The first kappa shape index (κ1) is 22.3. The van der Waals surface area contributed by atoms with Crippen molar-refractivity contribution < 1.29 is 13.3 Å². The Kier molecular flexibility index (Phi) is 7.16. The first-order valence-corrected chi connectivity index (χ1v) is 10.3. The minimum atomic E-state index is -3.85. The molecule has 0 radical (unpaired) electrons. The number of aryl methyl sites for hydroxylation is 1. The summed E-state index contributed by atoms with van der Waals surface area (Å²) in [7, 11) is -3.85. The molecule has 0 spiro atoms. The Bertz CT molecular complexity index is 937. The highest BCUT2D eigenvalue weighted by atomic mass is 35.5. The van der Waals surface area contributed by atoms with Gasteiger partial charge in [0.1, 0.15) is 0 Å². The Morgan fingerprint density at radius 3 is 2.43 bits per heavy atom. The van der Waals surface area contributed by atoms with E-state index < -0.39 is 14.9 Å². The smallest absolute Gasteiger partial charge is 0.270 e. The molecule has 0 unspecified atom stereocenters. The molecule has 0 saturated carbocycles. The molecule has 0 aromatic heterocycles. The van der Waals surface area contributed by atoms with Crippen molar-refractivity contribution in [1.82, 2.24) is 4.31 Å². The van der Waals surface area contributed by atoms with Crippen molar-refractivity contribution in [2.75, 3.05) is 19.6 Å². The van der Waals surface area contributed by atoms with Crippen LogP contribution in [-0.2, 0) is 16.4 Å². The van der Waals surface area contributed by atoms with Gasteiger partial charge in [0, 0.05) is 31.1 Å². The largest absolute Gasteiger partial charge is 0.330 e. The second-order valence-corrected chi connectivity index (χ2v) is 8.64. The molecule has 152 valence electrons. The molecule has 1 fully saturated rings. The van der Waals surface area contributed by atoms with Gasteiger partial charge in [0.15, 0.2) is 0 Å². The molecule has 9 heteroatoms. The fraction of sp³-hybridized carbons (Fsp3) is 0.368. The maximum atomic E-state index is 13.3. The van der Waals surface area contributed by atoms with E-state index in [0.717, 1.165) is 5.56 Å². The van der Waals surface area contributed by atoms with Gasteiger partial charge in [-0.15, -0.1) is 12.4 Å². The Morgan fingerprint density at radius 2 is 1.86 bits per heavy atom. The average Bonchev–Trinajstić information content (AvgIpc) is 3.13. The molecule has 0 amide bonds. The summed E-state index contributed by atoms with van der Waals surface area (Å²) < 4.78 is 28.0. The van der Waals surface area contributed by atoms with Gasteiger partial charge in [-0.05, 0) is 30.0 Å². The predicted octanol–water partition coefficient (Wildman–Crippen LogP) is 2.94. The quantitative estimate of drug-likeness (QED) is 0.565. The summed E-state index contributed by atoms with van der Waals surface area (Å²) in [4.78, 5) is 10.6. The van der Waals surface area contributed by atoms with Gasteiger partial charge < -0.3 is 5.73 Å². The van der Waals surface area contributed by atoms with Crippen LogP contribution in [0.1, 0.15) is 24.0 Å². The maximum absolute atomic E-state index is 13.3. The van der Waals surface area contributed by atoms with Gasteiger partial charge in [-0.2, -0.15) is 4.31 Å². The summed E-state index contributed by atoms with van der Waals surface area (Å²) in [5, 5.41) is 11.1. The number of benzene rings is 2. The Morgan fingerprint density at radius 1 is 1.18 bits per heavy atom. The van der Waals surface area contributed by atoms with E-state index in [0.29, 0.717) is 31.6 Å². The summed E-state index contributed by atoms with van der Waals surface area (Å²) in [6.45, 7) is 2.84. The molecule has 1 aliphatic rings. The van der Waals surface area contributed by atoms with E-state index in [-0.39, 0.29) is 34.8 Å². The van der Waals surface area contributed by atoms with Crippen LogP contribution in [0.5, 0.6) is 0 Å². The fourth-order valence-corrected chi connectivity index (χ4v) is 5.51. The number of nitro groups is 1. The van der Waals surface area contributed by atoms with Crippen LogP contribution in [0, 0.1) is 16.0 Å². The lowest BCUT2D eigenvalue weighted by atomic mass is 9.89. The number of hydrogen-bond acceptors (Lipinski definition) is 5. The highest BCUT2D eigenvalue weighted by Gasteiger charge is 2.40. The molecule has 1 aliphatic heterocycles. The van der Waals surface area contributed by atoms with E-state index >= 15 is 0 Å². The van der Waals surface area contributed by atoms with E-state index in [4.69, 9.17) is 5.73 Å². The number of non-ortho nitro benzene ring substituents is 1. The molecule has 7 nitrogen and oxygen atoms in total. The zero-order chi connectivity index (χ0) is 19.6. The second kappa shape index (κ2) is 9.00. The summed E-state index contributed by atoms with van der Waals surface area (Å²) in [5.74, 6) is 0.0145. The molecular weight excluding hydrogens is 402 g/mol. The fourth-order valence-electron chi connectivity index (χ4n) is 3.67. The Hall–Kier alpha value is -2.00. The van der Waals surface area contributed by atoms with Gasteiger partial charge in [-0.3, -0.25) is 10.1 Å². The van der Waals surface area contributed by atoms with E-state index in [1.165, 1.54) is 22.5 Å². The van der Waals surface area contributed by atoms with Gasteiger partial charge in [-0.1, -0.05) is 43.3 Å². The number of hydrogen-bond donors (Lipinski definition) is 1. The van der Waals surface area contributed by atoms with Gasteiger partial charge >= 0.3 is 0 Å². The molecule has 2 N–H and O–H groups in total. The van der Waals surface area contributed by atoms with Crippen LogP contribution in [0.3, 0.4) is 0 Å². The van der Waals surface area contributed by atoms with Crippen molar-refractivity contribution in [3.8, 4) is 0 Å². The summed E-state index contributed by atoms with van der Waals surface area (Å²) in [6.07, 6.45) is 0.475. The third-order valence-corrected chi connectivity index (χ3v) is 7.11. The molecule has 2 aromatic rings. The topological polar surface area (TPSA) is 107 Å². The first-order chi connectivity index (χ1) is 12.9. The highest BCUT2D eigenvalue weighted by Crippen LogP contribution is 2.36. The first-order valence-electron chi connectivity index (χ1n) is 8.91. The minimum absolute atomic E-state index is 0. The van der Waals surface area contributed by atoms with Crippen LogP contribution in [-0.4, -0.2) is 37.3 Å². The van der Waals surface area contributed by atoms with Crippen molar-refractivity contribution in [3.05, 3.63) is 69.8 Å². The van der Waals surface area contributed by atoms with Crippen molar-refractivity contribution >= 4 is 28.1 Å². The van der Waals surface area contributed by atoms with Gasteiger partial charge in [0.2, 0.25) is 10.0 Å². The number of halogens is 1. The zero-order valence-electron chi connectivity index (χ0n) is 15.5. The van der Waals surface area contributed by atoms with Crippen LogP contribution in [0.4, 0.5) is 5.69 Å². The average molecular weight is 426 g/mol. The highest BCUT2D eigenvalue weighted by molar-refractivity contribution is 7.89. The molecule has 3 rings (SSSR count). The normalized spacial score (nSPS) is 19.9. The number of rotatable bonds is 6. The molecular formula is C19H24ClN3O4S. The summed E-state index contributed by atoms with van der Waals surface area (Å²) in [6, 6.07) is 13.8. The number of nitro benzene ring substituents is 1. The predicted molar refractivity (Wildman–Crippen MR) is 110 cm³/mol. The third kappa shape index (κ3) is 4.20. The Balaban J connectivity index is 0.00000280. The summed E-state index contributed by atoms with van der Waals surface area (Å²) >= 11 is 0. The molecule has 1 heterocycles. The van der Waals surface area contributed by atoms with Crippen LogP contribution in [0.25, 0.3) is 0 Å². The summed E-state index contributed by atoms with van der Waals surface area (Å²) in [5.41, 5.74) is 7.33. The second-order valence-electron chi connectivity index (χ2n) is 6.74. The molecule has 2 aromatic carbocycles. The minimum Gasteiger partial charge on any atom is -0.330 e. The lowest BCUT2D eigenvalue weighted by molar-refractivity contribution is -0.385. The maximum Gasteiger partial charge on any atom is 0.270 e. The zero-order valence-corrected chi connectivity index (χ0v) is 17.2. The van der Waals surface area contributed by atoms with E-state index in [2.05, 4.69) is 0 Å². The van der Waals surface area contributed by atoms with Crippen LogP contribution < -0.4 is 5.73 Å². The molecule has 2 atom stereocenters. The van der Waals surface area contributed by atoms with Crippen LogP contribution >= 0.6 is 12.4 Å². The lowest BCUT2D eigenvalue weighted by Crippen LogP contribution is -2.30. The van der Waals surface area contributed by atoms with Crippen molar-refractivity contribution in [3.63, 3.8) is 0 Å². The Labute approximate surface area is 171 Å². The van der Waals surface area contributed by atoms with Gasteiger partial charge in [-0.25, -0.2) is 8.42 Å². The van der Waals surface area contributed by atoms with Crippen molar-refractivity contribution in [1.29, 1.82) is 0 Å². The van der Waals surface area contributed by atoms with Crippen molar-refractivity contribution in [2.45, 2.75) is 24.2 Å². The molecule has 1 saturated heterocycles. The third-order valence-electron chi connectivity index (χ3n) is 5.20. The van der Waals surface area contributed by atoms with Crippen LogP contribution in [0.2, 0.25) is 0 Å². The monoisotopic (exact) mass is 425 g/mol. The SMILES string of the molecule is CCc1ccc([N+](=O)[O-])cc1S(=O)(=O)N1C[C@@H](CN)[C@H](c2ccccc2)C1.Cl.